The highest BCUT2D eigenvalue weighted by Gasteiger charge is 2.24. The molecule has 284 valence electrons. The van der Waals surface area contributed by atoms with Crippen LogP contribution in [0.4, 0.5) is 0 Å². The second kappa shape index (κ2) is 38.8. The summed E-state index contributed by atoms with van der Waals surface area (Å²) in [4.78, 5) is 61.1. The standard InChI is InChI=1S/C10H10O2.C7H10O3.C7H12O2.C5H8O3.C5H8O2.C3H4O2/c1-2-10(11)12-8-9-6-4-3-5-7-9;1-5(2)7(8)10-4-6-3-9-6;1-3-5-6-9-7(8)4-2;1-2-5(7)8-4-3-6;1-3-5(6)7-4-2;1-2-3(4)5/h2-7H,1,8H2;6H,1,3-4H2,2H3;4H,2-3,5-6H2,1H3;2,6H,1,3-4H2;3H,1,4H2,2H3;2H,1H2,(H,4,5). The molecule has 0 spiro atoms. The van der Waals surface area contributed by atoms with Crippen molar-refractivity contribution >= 4 is 35.8 Å². The van der Waals surface area contributed by atoms with Gasteiger partial charge < -0.3 is 38.6 Å². The molecule has 1 saturated heterocycles. The molecule has 1 fully saturated rings. The molecule has 0 saturated carbocycles. The molecule has 1 aromatic carbocycles. The summed E-state index contributed by atoms with van der Waals surface area (Å²) in [5.41, 5.74) is 1.41. The SMILES string of the molecule is C=C(C)C(=O)OCC1CO1.C=CC(=O)O.C=CC(=O)OCC.C=CC(=O)OCCCC.C=CC(=O)OCCO.C=CC(=O)OCc1ccccc1. The van der Waals surface area contributed by atoms with Crippen molar-refractivity contribution in [2.24, 2.45) is 0 Å². The first-order valence-corrected chi connectivity index (χ1v) is 15.3. The van der Waals surface area contributed by atoms with E-state index in [0.29, 0.717) is 38.6 Å². The fourth-order valence-corrected chi connectivity index (χ4v) is 2.03. The van der Waals surface area contributed by atoms with Gasteiger partial charge in [0, 0.05) is 36.0 Å². The Morgan fingerprint density at radius 3 is 1.57 bits per heavy atom. The Kier molecular flexibility index (Phi) is 39.8. The third-order valence-corrected chi connectivity index (χ3v) is 4.58. The lowest BCUT2D eigenvalue weighted by molar-refractivity contribution is -0.140. The number of hydrogen-bond donors (Lipinski definition) is 2. The van der Waals surface area contributed by atoms with Gasteiger partial charge in [-0.05, 0) is 25.8 Å². The zero-order valence-corrected chi connectivity index (χ0v) is 29.8. The van der Waals surface area contributed by atoms with Gasteiger partial charge in [0.25, 0.3) is 0 Å². The zero-order valence-electron chi connectivity index (χ0n) is 29.8. The molecule has 14 nitrogen and oxygen atoms in total. The van der Waals surface area contributed by atoms with Crippen LogP contribution in [-0.2, 0) is 63.8 Å². The molecule has 0 aromatic heterocycles. The van der Waals surface area contributed by atoms with Gasteiger partial charge in [-0.1, -0.05) is 83.2 Å². The van der Waals surface area contributed by atoms with E-state index in [2.05, 4.69) is 53.7 Å². The number of benzene rings is 1. The molecule has 51 heavy (non-hydrogen) atoms. The number of ether oxygens (including phenoxy) is 6. The highest BCUT2D eigenvalue weighted by atomic mass is 16.6. The summed E-state index contributed by atoms with van der Waals surface area (Å²) in [5.74, 6) is -2.90. The lowest BCUT2D eigenvalue weighted by Gasteiger charge is -2.00. The highest BCUT2D eigenvalue weighted by molar-refractivity contribution is 5.87. The summed E-state index contributed by atoms with van der Waals surface area (Å²) in [6.07, 6.45) is 7.48. The van der Waals surface area contributed by atoms with Gasteiger partial charge in [-0.15, -0.1) is 0 Å². The molecule has 0 aliphatic carbocycles. The summed E-state index contributed by atoms with van der Waals surface area (Å²) in [5, 5.41) is 15.7. The molecule has 0 amide bonds. The number of aliphatic carboxylic acids is 1. The second-order valence-corrected chi connectivity index (χ2v) is 8.95. The average molecular weight is 721 g/mol. The fourth-order valence-electron chi connectivity index (χ4n) is 2.03. The number of aliphatic hydroxyl groups is 1. The fraction of sp³-hybridized carbons (Fsp3) is 0.351. The molecule has 14 heteroatoms. The number of epoxide rings is 1. The normalized spacial score (nSPS) is 10.9. The quantitative estimate of drug-likeness (QED) is 0.0786. The molecule has 2 rings (SSSR count). The topological polar surface area (TPSA) is 202 Å². The molecule has 1 heterocycles. The maximum atomic E-state index is 10.7. The lowest BCUT2D eigenvalue weighted by Crippen LogP contribution is -2.09. The van der Waals surface area contributed by atoms with Crippen molar-refractivity contribution in [1.29, 1.82) is 0 Å². The predicted molar refractivity (Wildman–Crippen MR) is 191 cm³/mol. The summed E-state index contributed by atoms with van der Waals surface area (Å²) < 4.78 is 27.9. The third-order valence-electron chi connectivity index (χ3n) is 4.58. The molecule has 1 aromatic rings. The van der Waals surface area contributed by atoms with Crippen LogP contribution in [0, 0.1) is 0 Å². The van der Waals surface area contributed by atoms with Crippen molar-refractivity contribution in [2.75, 3.05) is 39.6 Å². The van der Waals surface area contributed by atoms with E-state index in [9.17, 15) is 28.8 Å². The van der Waals surface area contributed by atoms with Crippen LogP contribution in [0.2, 0.25) is 0 Å². The Labute approximate surface area is 300 Å². The minimum atomic E-state index is -0.981. The van der Waals surface area contributed by atoms with Gasteiger partial charge in [-0.3, -0.25) is 0 Å². The lowest BCUT2D eigenvalue weighted by atomic mass is 10.2. The number of hydrogen-bond acceptors (Lipinski definition) is 13. The van der Waals surface area contributed by atoms with E-state index >= 15 is 0 Å². The van der Waals surface area contributed by atoms with Crippen molar-refractivity contribution in [3.8, 4) is 0 Å². The molecule has 2 N–H and O–H groups in total. The maximum absolute atomic E-state index is 10.7. The first-order valence-electron chi connectivity index (χ1n) is 15.3. The Hall–Kier alpha value is -5.60. The summed E-state index contributed by atoms with van der Waals surface area (Å²) in [6, 6.07) is 9.51. The van der Waals surface area contributed by atoms with Crippen LogP contribution in [0.5, 0.6) is 0 Å². The number of carboxylic acid groups (broad SMARTS) is 1. The van der Waals surface area contributed by atoms with Crippen molar-refractivity contribution in [1.82, 2.24) is 0 Å². The Balaban J connectivity index is -0.000000265. The van der Waals surface area contributed by atoms with E-state index in [4.69, 9.17) is 24.4 Å². The minimum Gasteiger partial charge on any atom is -0.478 e. The number of carbonyl (C=O) groups is 6. The van der Waals surface area contributed by atoms with Crippen LogP contribution in [0.25, 0.3) is 0 Å². The summed E-state index contributed by atoms with van der Waals surface area (Å²) >= 11 is 0. The Bertz CT molecular complexity index is 1200. The monoisotopic (exact) mass is 720 g/mol. The summed E-state index contributed by atoms with van der Waals surface area (Å²) in [7, 11) is 0. The summed E-state index contributed by atoms with van der Waals surface area (Å²) in [6.45, 7) is 27.0. The average Bonchev–Trinajstić information content (AvgIpc) is 3.98. The van der Waals surface area contributed by atoms with Crippen molar-refractivity contribution in [3.63, 3.8) is 0 Å². The highest BCUT2D eigenvalue weighted by Crippen LogP contribution is 2.09. The van der Waals surface area contributed by atoms with Crippen LogP contribution in [-0.4, -0.2) is 91.8 Å². The van der Waals surface area contributed by atoms with Gasteiger partial charge in [0.15, 0.2) is 0 Å². The second-order valence-electron chi connectivity index (χ2n) is 8.95. The van der Waals surface area contributed by atoms with Crippen molar-refractivity contribution in [3.05, 3.63) is 111 Å². The van der Waals surface area contributed by atoms with E-state index in [1.807, 2.05) is 37.3 Å². The van der Waals surface area contributed by atoms with E-state index < -0.39 is 11.9 Å². The molecular weight excluding hydrogens is 668 g/mol. The van der Waals surface area contributed by atoms with E-state index in [0.717, 1.165) is 42.7 Å². The maximum Gasteiger partial charge on any atom is 0.333 e. The van der Waals surface area contributed by atoms with Gasteiger partial charge in [-0.25, -0.2) is 28.8 Å². The number of esters is 5. The molecule has 1 atom stereocenters. The molecule has 1 unspecified atom stereocenters. The zero-order chi connectivity index (χ0) is 39.9. The predicted octanol–water partition coefficient (Wildman–Crippen LogP) is 4.64. The van der Waals surface area contributed by atoms with Gasteiger partial charge in [0.1, 0.15) is 25.9 Å². The number of unbranched alkanes of at least 4 members (excludes halogenated alkanes) is 1. The number of carbonyl (C=O) groups excluding carboxylic acids is 5. The smallest absolute Gasteiger partial charge is 0.333 e. The van der Waals surface area contributed by atoms with Crippen LogP contribution in [0.15, 0.2) is 106 Å². The number of aliphatic hydroxyl groups excluding tert-OH is 1. The number of rotatable bonds is 16. The Morgan fingerprint density at radius 2 is 1.22 bits per heavy atom. The molecule has 0 radical (unpaired) electrons. The minimum absolute atomic E-state index is 0.0465. The van der Waals surface area contributed by atoms with Crippen LogP contribution >= 0.6 is 0 Å². The van der Waals surface area contributed by atoms with E-state index in [1.165, 1.54) is 6.08 Å². The van der Waals surface area contributed by atoms with E-state index in [-0.39, 0.29) is 43.2 Å². The Morgan fingerprint density at radius 1 is 0.765 bits per heavy atom. The van der Waals surface area contributed by atoms with Gasteiger partial charge in [0.05, 0.1) is 26.4 Å². The van der Waals surface area contributed by atoms with Crippen LogP contribution in [0.1, 0.15) is 39.2 Å². The molecule has 1 aliphatic heterocycles. The first-order chi connectivity index (χ1) is 24.2. The molecule has 0 bridgehead atoms. The van der Waals surface area contributed by atoms with Crippen molar-refractivity contribution < 1.29 is 67.4 Å². The first kappa shape index (κ1) is 52.2. The van der Waals surface area contributed by atoms with Crippen molar-refractivity contribution in [2.45, 2.75) is 46.3 Å². The number of carboxylic acids is 1. The van der Waals surface area contributed by atoms with Gasteiger partial charge in [0.2, 0.25) is 0 Å². The molecular formula is C37H52O14. The van der Waals surface area contributed by atoms with E-state index in [1.54, 1.807) is 13.8 Å². The van der Waals surface area contributed by atoms with Crippen LogP contribution < -0.4 is 0 Å². The van der Waals surface area contributed by atoms with Crippen LogP contribution in [0.3, 0.4) is 0 Å². The third kappa shape index (κ3) is 46.6. The molecule has 1 aliphatic rings. The van der Waals surface area contributed by atoms with Gasteiger partial charge >= 0.3 is 35.8 Å². The largest absolute Gasteiger partial charge is 0.478 e. The van der Waals surface area contributed by atoms with Gasteiger partial charge in [-0.2, -0.15) is 0 Å².